The number of hydrogen-bond donors (Lipinski definition) is 1. The van der Waals surface area contributed by atoms with Crippen molar-refractivity contribution < 1.29 is 14.3 Å². The maximum Gasteiger partial charge on any atom is 0.341 e. The minimum atomic E-state index is -0.469. The van der Waals surface area contributed by atoms with Crippen LogP contribution in [0.4, 0.5) is 0 Å². The summed E-state index contributed by atoms with van der Waals surface area (Å²) >= 11 is 0. The molecule has 0 fully saturated rings. The second-order valence-electron chi connectivity index (χ2n) is 5.20. The third kappa shape index (κ3) is 2.70. The van der Waals surface area contributed by atoms with E-state index in [9.17, 15) is 14.7 Å². The topological polar surface area (TPSA) is 81.7 Å². The molecule has 0 unspecified atom stereocenters. The summed E-state index contributed by atoms with van der Waals surface area (Å²) in [5.74, 6) is 0.289. The van der Waals surface area contributed by atoms with Crippen LogP contribution in [0.15, 0.2) is 50.5 Å². The number of methoxy groups -OCH3 is 1. The first kappa shape index (κ1) is 14.9. The number of aromatic hydroxyl groups is 1. The smallest absolute Gasteiger partial charge is 0.341 e. The second kappa shape index (κ2) is 5.64. The summed E-state index contributed by atoms with van der Waals surface area (Å²) in [4.78, 5) is 23.5. The number of benzene rings is 1. The van der Waals surface area contributed by atoms with Gasteiger partial charge in [-0.1, -0.05) is 0 Å². The number of pyridine rings is 1. The summed E-state index contributed by atoms with van der Waals surface area (Å²) in [6.45, 7) is 1.81. The normalized spacial score (nSPS) is 10.9. The number of rotatable bonds is 3. The zero-order valence-electron chi connectivity index (χ0n) is 12.7. The quantitative estimate of drug-likeness (QED) is 0.748. The van der Waals surface area contributed by atoms with E-state index in [1.807, 2.05) is 0 Å². The maximum absolute atomic E-state index is 12.2. The monoisotopic (exact) mass is 313 g/mol. The first-order chi connectivity index (χ1) is 11.0. The fraction of sp³-hybridized carbons (Fsp3) is 0.176. The van der Waals surface area contributed by atoms with Crippen molar-refractivity contribution in [3.8, 4) is 11.5 Å². The summed E-state index contributed by atoms with van der Waals surface area (Å²) in [6.07, 6.45) is 1.54. The average Bonchev–Trinajstić information content (AvgIpc) is 2.55. The van der Waals surface area contributed by atoms with Gasteiger partial charge < -0.3 is 18.8 Å². The van der Waals surface area contributed by atoms with Crippen molar-refractivity contribution in [2.75, 3.05) is 7.11 Å². The van der Waals surface area contributed by atoms with Crippen LogP contribution in [0.2, 0.25) is 0 Å². The molecule has 0 atom stereocenters. The Hall–Kier alpha value is -3.02. The van der Waals surface area contributed by atoms with Gasteiger partial charge >= 0.3 is 5.63 Å². The molecular formula is C17H15NO5. The molecule has 2 aromatic heterocycles. The molecule has 0 amide bonds. The SMILES string of the molecule is COc1ccc2cc(Cn3ccc(=O)c(O)c3C)c(=O)oc2c1. The van der Waals surface area contributed by atoms with E-state index in [2.05, 4.69) is 0 Å². The number of ether oxygens (including phenoxy) is 1. The van der Waals surface area contributed by atoms with Gasteiger partial charge in [0, 0.05) is 23.7 Å². The molecule has 6 nitrogen and oxygen atoms in total. The third-order valence-electron chi connectivity index (χ3n) is 3.77. The highest BCUT2D eigenvalue weighted by atomic mass is 16.5. The van der Waals surface area contributed by atoms with Gasteiger partial charge in [0.2, 0.25) is 5.43 Å². The lowest BCUT2D eigenvalue weighted by atomic mass is 10.1. The first-order valence-corrected chi connectivity index (χ1v) is 6.99. The lowest BCUT2D eigenvalue weighted by Gasteiger charge is -2.11. The average molecular weight is 313 g/mol. The van der Waals surface area contributed by atoms with E-state index in [0.29, 0.717) is 22.6 Å². The Morgan fingerprint density at radius 2 is 2.00 bits per heavy atom. The van der Waals surface area contributed by atoms with E-state index in [0.717, 1.165) is 5.39 Å². The number of aromatic nitrogens is 1. The van der Waals surface area contributed by atoms with Crippen LogP contribution in [0.1, 0.15) is 11.3 Å². The molecular weight excluding hydrogens is 298 g/mol. The van der Waals surface area contributed by atoms with Crippen molar-refractivity contribution in [1.29, 1.82) is 0 Å². The van der Waals surface area contributed by atoms with Gasteiger partial charge in [-0.05, 0) is 25.1 Å². The van der Waals surface area contributed by atoms with Crippen molar-refractivity contribution in [2.45, 2.75) is 13.5 Å². The molecule has 0 bridgehead atoms. The van der Waals surface area contributed by atoms with Gasteiger partial charge in [0.05, 0.1) is 24.9 Å². The molecule has 0 aliphatic carbocycles. The molecule has 0 radical (unpaired) electrons. The lowest BCUT2D eigenvalue weighted by molar-refractivity contribution is 0.414. The Morgan fingerprint density at radius 1 is 1.22 bits per heavy atom. The molecule has 3 rings (SSSR count). The van der Waals surface area contributed by atoms with Crippen LogP contribution in [0.25, 0.3) is 11.0 Å². The molecule has 3 aromatic rings. The molecule has 118 valence electrons. The molecule has 0 saturated heterocycles. The van der Waals surface area contributed by atoms with Crippen LogP contribution in [0.3, 0.4) is 0 Å². The van der Waals surface area contributed by atoms with Crippen molar-refractivity contribution in [2.24, 2.45) is 0 Å². The van der Waals surface area contributed by atoms with Gasteiger partial charge in [-0.3, -0.25) is 4.79 Å². The predicted molar refractivity (Wildman–Crippen MR) is 85.2 cm³/mol. The van der Waals surface area contributed by atoms with Crippen LogP contribution in [-0.4, -0.2) is 16.8 Å². The van der Waals surface area contributed by atoms with Gasteiger partial charge in [0.25, 0.3) is 0 Å². The van der Waals surface area contributed by atoms with E-state index >= 15 is 0 Å². The minimum Gasteiger partial charge on any atom is -0.503 e. The van der Waals surface area contributed by atoms with Crippen molar-refractivity contribution in [3.63, 3.8) is 0 Å². The van der Waals surface area contributed by atoms with Gasteiger partial charge in [-0.2, -0.15) is 0 Å². The maximum atomic E-state index is 12.2. The van der Waals surface area contributed by atoms with Crippen molar-refractivity contribution >= 4 is 11.0 Å². The standard InChI is InChI=1S/C17H15NO5/c1-10-16(20)14(19)5-6-18(10)9-12-7-11-3-4-13(22-2)8-15(11)23-17(12)21/h3-8,20H,9H2,1-2H3. The Kier molecular flexibility index (Phi) is 3.65. The Morgan fingerprint density at radius 3 is 2.74 bits per heavy atom. The summed E-state index contributed by atoms with van der Waals surface area (Å²) in [6, 6.07) is 8.22. The van der Waals surface area contributed by atoms with Crippen molar-refractivity contribution in [1.82, 2.24) is 4.57 Å². The first-order valence-electron chi connectivity index (χ1n) is 6.99. The molecule has 0 aliphatic heterocycles. The third-order valence-corrected chi connectivity index (χ3v) is 3.77. The summed E-state index contributed by atoms with van der Waals surface area (Å²) < 4.78 is 12.1. The van der Waals surface area contributed by atoms with Crippen molar-refractivity contribution in [3.05, 3.63) is 68.4 Å². The second-order valence-corrected chi connectivity index (χ2v) is 5.20. The largest absolute Gasteiger partial charge is 0.503 e. The van der Waals surface area contributed by atoms with Gasteiger partial charge in [0.15, 0.2) is 5.75 Å². The van der Waals surface area contributed by atoms with Gasteiger partial charge in [-0.15, -0.1) is 0 Å². The molecule has 0 spiro atoms. The molecule has 23 heavy (non-hydrogen) atoms. The zero-order valence-corrected chi connectivity index (χ0v) is 12.7. The fourth-order valence-electron chi connectivity index (χ4n) is 2.39. The summed E-state index contributed by atoms with van der Waals surface area (Å²) in [7, 11) is 1.54. The number of nitrogens with zero attached hydrogens (tertiary/aromatic N) is 1. The molecule has 6 heteroatoms. The fourth-order valence-corrected chi connectivity index (χ4v) is 2.39. The molecule has 0 saturated carbocycles. The van der Waals surface area contributed by atoms with E-state index in [1.54, 1.807) is 42.9 Å². The highest BCUT2D eigenvalue weighted by Gasteiger charge is 2.10. The Bertz CT molecular complexity index is 1000. The molecule has 0 aliphatic rings. The number of hydrogen-bond acceptors (Lipinski definition) is 5. The van der Waals surface area contributed by atoms with E-state index in [1.165, 1.54) is 12.3 Å². The minimum absolute atomic E-state index is 0.198. The van der Waals surface area contributed by atoms with Crippen LogP contribution < -0.4 is 15.8 Å². The van der Waals surface area contributed by atoms with E-state index in [4.69, 9.17) is 9.15 Å². The van der Waals surface area contributed by atoms with Crippen LogP contribution in [-0.2, 0) is 6.54 Å². The summed E-state index contributed by atoms with van der Waals surface area (Å²) in [5.41, 5.74) is 0.345. The van der Waals surface area contributed by atoms with Crippen LogP contribution >= 0.6 is 0 Å². The Labute approximate surface area is 131 Å². The summed E-state index contributed by atoms with van der Waals surface area (Å²) in [5, 5.41) is 10.5. The lowest BCUT2D eigenvalue weighted by Crippen LogP contribution is -2.15. The Balaban J connectivity index is 2.07. The highest BCUT2D eigenvalue weighted by Crippen LogP contribution is 2.20. The molecule has 2 heterocycles. The molecule has 1 N–H and O–H groups in total. The van der Waals surface area contributed by atoms with Gasteiger partial charge in [0.1, 0.15) is 11.3 Å². The van der Waals surface area contributed by atoms with Crippen LogP contribution in [0, 0.1) is 6.92 Å². The predicted octanol–water partition coefficient (Wildman–Crippen LogP) is 2.03. The van der Waals surface area contributed by atoms with Crippen LogP contribution in [0.5, 0.6) is 11.5 Å². The van der Waals surface area contributed by atoms with Gasteiger partial charge in [-0.25, -0.2) is 4.79 Å². The number of fused-ring (bicyclic) bond motifs is 1. The molecule has 1 aromatic carbocycles. The van der Waals surface area contributed by atoms with E-state index in [-0.39, 0.29) is 12.3 Å². The van der Waals surface area contributed by atoms with E-state index < -0.39 is 11.1 Å². The highest BCUT2D eigenvalue weighted by molar-refractivity contribution is 5.78. The zero-order chi connectivity index (χ0) is 16.6.